The van der Waals surface area contributed by atoms with Gasteiger partial charge in [-0.15, -0.1) is 11.3 Å². The molecule has 2 atom stereocenters. The minimum absolute atomic E-state index is 0.00262. The molecule has 0 saturated carbocycles. The van der Waals surface area contributed by atoms with E-state index in [2.05, 4.69) is 15.3 Å². The van der Waals surface area contributed by atoms with Gasteiger partial charge in [0.05, 0.1) is 23.7 Å². The Kier molecular flexibility index (Phi) is 4.66. The predicted molar refractivity (Wildman–Crippen MR) is 105 cm³/mol. The van der Waals surface area contributed by atoms with Crippen LogP contribution in [0.25, 0.3) is 0 Å². The van der Waals surface area contributed by atoms with Gasteiger partial charge in [0.15, 0.2) is 5.82 Å². The molecule has 3 aromatic rings. The first-order valence-electron chi connectivity index (χ1n) is 8.55. The summed E-state index contributed by atoms with van der Waals surface area (Å²) in [6, 6.07) is 8.44. The van der Waals surface area contributed by atoms with Crippen LogP contribution in [0.4, 0.5) is 11.5 Å². The summed E-state index contributed by atoms with van der Waals surface area (Å²) < 4.78 is 0. The lowest BCUT2D eigenvalue weighted by Crippen LogP contribution is -2.35. The standard InChI is InChI=1S/C19H17N5O3S/c20-15(25)9-13(11-3-1-6-21-10-11)24-16-12(19(26)27)5-7-22-17(16)23-18(24)14-4-2-8-28-14/h1-8,10,13,18H,9H2,(H2,20,25)(H,22,23)(H,26,27). The Morgan fingerprint density at radius 3 is 2.79 bits per heavy atom. The fraction of sp³-hybridized carbons (Fsp3) is 0.158. The highest BCUT2D eigenvalue weighted by molar-refractivity contribution is 7.10. The molecule has 0 bridgehead atoms. The van der Waals surface area contributed by atoms with E-state index in [4.69, 9.17) is 5.73 Å². The largest absolute Gasteiger partial charge is 0.478 e. The fourth-order valence-electron chi connectivity index (χ4n) is 3.45. The van der Waals surface area contributed by atoms with Gasteiger partial charge >= 0.3 is 5.97 Å². The molecule has 1 aliphatic rings. The number of carbonyl (C=O) groups excluding carboxylic acids is 1. The topological polar surface area (TPSA) is 121 Å². The molecule has 4 N–H and O–H groups in total. The molecule has 1 amide bonds. The van der Waals surface area contributed by atoms with Crippen molar-refractivity contribution in [2.24, 2.45) is 5.73 Å². The second-order valence-corrected chi connectivity index (χ2v) is 7.28. The second kappa shape index (κ2) is 7.28. The molecule has 0 fully saturated rings. The molecule has 4 heterocycles. The highest BCUT2D eigenvalue weighted by Gasteiger charge is 2.40. The van der Waals surface area contributed by atoms with Gasteiger partial charge in [0, 0.05) is 23.5 Å². The smallest absolute Gasteiger partial charge is 0.338 e. The van der Waals surface area contributed by atoms with Crippen LogP contribution in [-0.2, 0) is 4.79 Å². The minimum atomic E-state index is -1.07. The third-order valence-corrected chi connectivity index (χ3v) is 5.50. The Labute approximate surface area is 164 Å². The third kappa shape index (κ3) is 3.16. The summed E-state index contributed by atoms with van der Waals surface area (Å²) in [6.45, 7) is 0. The van der Waals surface area contributed by atoms with Crippen molar-refractivity contribution in [2.45, 2.75) is 18.6 Å². The van der Waals surface area contributed by atoms with E-state index in [1.807, 2.05) is 28.5 Å². The first-order chi connectivity index (χ1) is 13.6. The molecule has 0 aromatic carbocycles. The number of amides is 1. The maximum atomic E-state index is 11.9. The molecule has 1 aliphatic heterocycles. The van der Waals surface area contributed by atoms with Crippen molar-refractivity contribution in [1.29, 1.82) is 0 Å². The zero-order valence-electron chi connectivity index (χ0n) is 14.6. The van der Waals surface area contributed by atoms with Gasteiger partial charge < -0.3 is 21.1 Å². The van der Waals surface area contributed by atoms with Gasteiger partial charge in [-0.05, 0) is 29.1 Å². The van der Waals surface area contributed by atoms with Crippen LogP contribution in [0.2, 0.25) is 0 Å². The zero-order chi connectivity index (χ0) is 19.7. The molecule has 4 rings (SSSR count). The van der Waals surface area contributed by atoms with E-state index in [-0.39, 0.29) is 18.2 Å². The van der Waals surface area contributed by atoms with E-state index in [9.17, 15) is 14.7 Å². The number of primary amides is 1. The van der Waals surface area contributed by atoms with Crippen LogP contribution in [0.15, 0.2) is 54.3 Å². The van der Waals surface area contributed by atoms with Crippen molar-refractivity contribution >= 4 is 34.7 Å². The molecular weight excluding hydrogens is 378 g/mol. The number of carboxylic acids is 1. The number of nitrogens with two attached hydrogens (primary N) is 1. The maximum absolute atomic E-state index is 11.9. The molecule has 0 spiro atoms. The Bertz CT molecular complexity index is 1010. The number of aromatic carboxylic acids is 1. The summed E-state index contributed by atoms with van der Waals surface area (Å²) in [5.41, 5.74) is 6.85. The number of pyridine rings is 2. The number of nitrogens with one attached hydrogen (secondary N) is 1. The quantitative estimate of drug-likeness (QED) is 0.587. The highest BCUT2D eigenvalue weighted by atomic mass is 32.1. The van der Waals surface area contributed by atoms with E-state index in [1.54, 1.807) is 18.5 Å². The lowest BCUT2D eigenvalue weighted by molar-refractivity contribution is -0.118. The average Bonchev–Trinajstić information content (AvgIpc) is 3.34. The summed E-state index contributed by atoms with van der Waals surface area (Å²) in [4.78, 5) is 35.1. The molecule has 0 radical (unpaired) electrons. The normalized spacial score (nSPS) is 16.3. The summed E-state index contributed by atoms with van der Waals surface area (Å²) in [5.74, 6) is -1.11. The lowest BCUT2D eigenvalue weighted by atomic mass is 10.0. The van der Waals surface area contributed by atoms with E-state index in [1.165, 1.54) is 23.6 Å². The molecular formula is C19H17N5O3S. The Balaban J connectivity index is 1.91. The van der Waals surface area contributed by atoms with Crippen LogP contribution in [-0.4, -0.2) is 27.0 Å². The Morgan fingerprint density at radius 2 is 2.14 bits per heavy atom. The Hall–Kier alpha value is -3.46. The number of thiophene rings is 1. The van der Waals surface area contributed by atoms with E-state index >= 15 is 0 Å². The predicted octanol–water partition coefficient (Wildman–Crippen LogP) is 2.78. The van der Waals surface area contributed by atoms with Crippen molar-refractivity contribution in [3.05, 3.63) is 70.3 Å². The molecule has 3 aromatic heterocycles. The number of hydrogen-bond donors (Lipinski definition) is 3. The highest BCUT2D eigenvalue weighted by Crippen LogP contribution is 2.48. The molecule has 0 saturated heterocycles. The molecule has 2 unspecified atom stereocenters. The number of nitrogens with zero attached hydrogens (tertiary/aromatic N) is 3. The number of aromatic nitrogens is 2. The number of rotatable bonds is 6. The summed E-state index contributed by atoms with van der Waals surface area (Å²) in [6.07, 6.45) is 4.38. The van der Waals surface area contributed by atoms with Gasteiger partial charge in [-0.25, -0.2) is 9.78 Å². The van der Waals surface area contributed by atoms with Crippen LogP contribution in [0, 0.1) is 0 Å². The first kappa shape index (κ1) is 17.9. The van der Waals surface area contributed by atoms with Crippen LogP contribution in [0.3, 0.4) is 0 Å². The molecule has 8 nitrogen and oxygen atoms in total. The number of fused-ring (bicyclic) bond motifs is 1. The van der Waals surface area contributed by atoms with Crippen molar-refractivity contribution in [1.82, 2.24) is 9.97 Å². The van der Waals surface area contributed by atoms with Gasteiger partial charge in [-0.2, -0.15) is 0 Å². The van der Waals surface area contributed by atoms with Gasteiger partial charge in [0.2, 0.25) is 5.91 Å². The first-order valence-corrected chi connectivity index (χ1v) is 9.43. The monoisotopic (exact) mass is 395 g/mol. The summed E-state index contributed by atoms with van der Waals surface area (Å²) >= 11 is 1.53. The summed E-state index contributed by atoms with van der Waals surface area (Å²) in [7, 11) is 0. The van der Waals surface area contributed by atoms with E-state index in [0.717, 1.165) is 10.4 Å². The van der Waals surface area contributed by atoms with Gasteiger partial charge in [-0.3, -0.25) is 9.78 Å². The van der Waals surface area contributed by atoms with Crippen LogP contribution >= 0.6 is 11.3 Å². The molecule has 0 aliphatic carbocycles. The van der Waals surface area contributed by atoms with E-state index < -0.39 is 17.9 Å². The zero-order valence-corrected chi connectivity index (χ0v) is 15.5. The SMILES string of the molecule is NC(=O)CC(c1cccnc1)N1c2c(C(=O)O)ccnc2NC1c1cccs1. The van der Waals surface area contributed by atoms with Crippen molar-refractivity contribution < 1.29 is 14.7 Å². The van der Waals surface area contributed by atoms with Gasteiger partial charge in [-0.1, -0.05) is 12.1 Å². The van der Waals surface area contributed by atoms with Crippen molar-refractivity contribution in [3.8, 4) is 0 Å². The second-order valence-electron chi connectivity index (χ2n) is 6.30. The molecule has 142 valence electrons. The van der Waals surface area contributed by atoms with Crippen LogP contribution < -0.4 is 16.0 Å². The number of carboxylic acid groups (broad SMARTS) is 1. The van der Waals surface area contributed by atoms with E-state index in [0.29, 0.717) is 11.5 Å². The van der Waals surface area contributed by atoms with Crippen LogP contribution in [0.5, 0.6) is 0 Å². The van der Waals surface area contributed by atoms with Crippen LogP contribution in [0.1, 0.15) is 39.4 Å². The number of carbonyl (C=O) groups is 2. The Morgan fingerprint density at radius 1 is 1.29 bits per heavy atom. The summed E-state index contributed by atoms with van der Waals surface area (Å²) in [5, 5.41) is 15.0. The molecule has 9 heteroatoms. The van der Waals surface area contributed by atoms with Gasteiger partial charge in [0.1, 0.15) is 6.17 Å². The van der Waals surface area contributed by atoms with Crippen molar-refractivity contribution in [3.63, 3.8) is 0 Å². The number of hydrogen-bond acceptors (Lipinski definition) is 7. The third-order valence-electron chi connectivity index (χ3n) is 4.58. The maximum Gasteiger partial charge on any atom is 0.338 e. The fourth-order valence-corrected chi connectivity index (χ4v) is 4.23. The number of anilines is 2. The lowest BCUT2D eigenvalue weighted by Gasteiger charge is -2.34. The van der Waals surface area contributed by atoms with Crippen molar-refractivity contribution in [2.75, 3.05) is 10.2 Å². The molecule has 28 heavy (non-hydrogen) atoms. The van der Waals surface area contributed by atoms with Gasteiger partial charge in [0.25, 0.3) is 0 Å². The average molecular weight is 395 g/mol. The minimum Gasteiger partial charge on any atom is -0.478 e.